The lowest BCUT2D eigenvalue weighted by Gasteiger charge is -2.14. The van der Waals surface area contributed by atoms with Gasteiger partial charge in [-0.3, -0.25) is 4.79 Å². The van der Waals surface area contributed by atoms with E-state index in [0.717, 1.165) is 24.2 Å². The van der Waals surface area contributed by atoms with Crippen LogP contribution >= 0.6 is 0 Å². The molecular formula is C13H18N6O. The molecule has 3 N–H and O–H groups in total. The SMILES string of the molecule is CC(NCCCC(N)=O)c1cccc(-n2cnnn2)c1. The second-order valence-electron chi connectivity index (χ2n) is 4.60. The number of carbonyl (C=O) groups excluding carboxylic acids is 1. The van der Waals surface area contributed by atoms with Crippen molar-refractivity contribution in [2.45, 2.75) is 25.8 Å². The van der Waals surface area contributed by atoms with Gasteiger partial charge in [-0.25, -0.2) is 4.68 Å². The maximum Gasteiger partial charge on any atom is 0.217 e. The van der Waals surface area contributed by atoms with Gasteiger partial charge in [-0.05, 0) is 48.0 Å². The van der Waals surface area contributed by atoms with Crippen molar-refractivity contribution in [3.05, 3.63) is 36.2 Å². The second-order valence-corrected chi connectivity index (χ2v) is 4.60. The molecule has 0 saturated heterocycles. The standard InChI is InChI=1S/C13H18N6O/c1-10(15-7-3-6-13(14)20)11-4-2-5-12(8-11)19-9-16-17-18-19/h2,4-5,8-10,15H,3,6-7H2,1H3,(H2,14,20). The van der Waals surface area contributed by atoms with Gasteiger partial charge in [0.2, 0.25) is 5.91 Å². The molecule has 0 aliphatic carbocycles. The fourth-order valence-corrected chi connectivity index (χ4v) is 1.92. The van der Waals surface area contributed by atoms with Gasteiger partial charge in [-0.15, -0.1) is 5.10 Å². The van der Waals surface area contributed by atoms with Crippen LogP contribution in [0.5, 0.6) is 0 Å². The van der Waals surface area contributed by atoms with Gasteiger partial charge in [0.1, 0.15) is 6.33 Å². The molecule has 0 aliphatic heterocycles. The van der Waals surface area contributed by atoms with Crippen LogP contribution in [-0.2, 0) is 4.79 Å². The van der Waals surface area contributed by atoms with Crippen LogP contribution in [0.2, 0.25) is 0 Å². The molecule has 1 aromatic carbocycles. The Kier molecular flexibility index (Phi) is 4.78. The van der Waals surface area contributed by atoms with Crippen molar-refractivity contribution in [1.82, 2.24) is 25.5 Å². The number of benzene rings is 1. The Morgan fingerprint density at radius 3 is 3.05 bits per heavy atom. The number of nitrogens with zero attached hydrogens (tertiary/aromatic N) is 4. The molecule has 0 spiro atoms. The number of aromatic nitrogens is 4. The van der Waals surface area contributed by atoms with E-state index in [0.29, 0.717) is 6.42 Å². The van der Waals surface area contributed by atoms with Crippen LogP contribution < -0.4 is 11.1 Å². The average Bonchev–Trinajstić information content (AvgIpc) is 2.97. The van der Waals surface area contributed by atoms with Crippen LogP contribution in [0.25, 0.3) is 5.69 Å². The molecule has 1 amide bonds. The summed E-state index contributed by atoms with van der Waals surface area (Å²) in [5.74, 6) is -0.264. The zero-order valence-electron chi connectivity index (χ0n) is 11.4. The maximum absolute atomic E-state index is 10.7. The zero-order chi connectivity index (χ0) is 14.4. The van der Waals surface area contributed by atoms with Crippen LogP contribution in [0, 0.1) is 0 Å². The number of tetrazole rings is 1. The molecular weight excluding hydrogens is 256 g/mol. The monoisotopic (exact) mass is 274 g/mol. The second kappa shape index (κ2) is 6.76. The van der Waals surface area contributed by atoms with Crippen LogP contribution in [0.4, 0.5) is 0 Å². The normalized spacial score (nSPS) is 12.2. The lowest BCUT2D eigenvalue weighted by molar-refractivity contribution is -0.118. The molecule has 1 heterocycles. The highest BCUT2D eigenvalue weighted by atomic mass is 16.1. The van der Waals surface area contributed by atoms with Crippen LogP contribution in [0.3, 0.4) is 0 Å². The van der Waals surface area contributed by atoms with Crippen molar-refractivity contribution in [3.63, 3.8) is 0 Å². The highest BCUT2D eigenvalue weighted by molar-refractivity contribution is 5.73. The Hall–Kier alpha value is -2.28. The van der Waals surface area contributed by atoms with Gasteiger partial charge in [-0.2, -0.15) is 0 Å². The number of primary amides is 1. The van der Waals surface area contributed by atoms with Gasteiger partial charge >= 0.3 is 0 Å². The number of nitrogens with two attached hydrogens (primary N) is 1. The van der Waals surface area contributed by atoms with Crippen molar-refractivity contribution in [1.29, 1.82) is 0 Å². The number of hydrogen-bond donors (Lipinski definition) is 2. The minimum absolute atomic E-state index is 0.180. The van der Waals surface area contributed by atoms with Gasteiger partial charge in [0, 0.05) is 12.5 Å². The van der Waals surface area contributed by atoms with Crippen molar-refractivity contribution in [2.24, 2.45) is 5.73 Å². The summed E-state index contributed by atoms with van der Waals surface area (Å²) in [7, 11) is 0. The van der Waals surface area contributed by atoms with Crippen molar-refractivity contribution in [2.75, 3.05) is 6.54 Å². The summed E-state index contributed by atoms with van der Waals surface area (Å²) in [5.41, 5.74) is 7.16. The molecule has 1 aromatic heterocycles. The first kappa shape index (κ1) is 14.1. The molecule has 1 atom stereocenters. The van der Waals surface area contributed by atoms with Gasteiger partial charge in [0.15, 0.2) is 0 Å². The summed E-state index contributed by atoms with van der Waals surface area (Å²) in [6.45, 7) is 2.82. The number of carbonyl (C=O) groups is 1. The molecule has 20 heavy (non-hydrogen) atoms. The smallest absolute Gasteiger partial charge is 0.217 e. The van der Waals surface area contributed by atoms with Crippen molar-refractivity contribution >= 4 is 5.91 Å². The lowest BCUT2D eigenvalue weighted by Crippen LogP contribution is -2.21. The van der Waals surface area contributed by atoms with E-state index in [1.807, 2.05) is 24.3 Å². The lowest BCUT2D eigenvalue weighted by atomic mass is 10.1. The largest absolute Gasteiger partial charge is 0.370 e. The molecule has 106 valence electrons. The quantitative estimate of drug-likeness (QED) is 0.719. The van der Waals surface area contributed by atoms with Crippen LogP contribution in [0.15, 0.2) is 30.6 Å². The van der Waals surface area contributed by atoms with Crippen LogP contribution in [0.1, 0.15) is 31.4 Å². The molecule has 0 saturated carbocycles. The third kappa shape index (κ3) is 3.86. The number of rotatable bonds is 7. The first-order chi connectivity index (χ1) is 9.66. The number of amides is 1. The molecule has 0 radical (unpaired) electrons. The molecule has 2 aromatic rings. The Labute approximate surface area is 117 Å². The van der Waals surface area contributed by atoms with E-state index >= 15 is 0 Å². The molecule has 7 nitrogen and oxygen atoms in total. The summed E-state index contributed by atoms with van der Waals surface area (Å²) in [6, 6.07) is 8.16. The third-order valence-electron chi connectivity index (χ3n) is 3.03. The fraction of sp³-hybridized carbons (Fsp3) is 0.385. The topological polar surface area (TPSA) is 98.7 Å². The Balaban J connectivity index is 1.94. The summed E-state index contributed by atoms with van der Waals surface area (Å²) in [6.07, 6.45) is 2.71. The maximum atomic E-state index is 10.7. The molecule has 0 fully saturated rings. The van der Waals surface area contributed by atoms with E-state index in [-0.39, 0.29) is 11.9 Å². The van der Waals surface area contributed by atoms with Gasteiger partial charge in [-0.1, -0.05) is 12.1 Å². The van der Waals surface area contributed by atoms with E-state index in [4.69, 9.17) is 5.73 Å². The Morgan fingerprint density at radius 1 is 1.50 bits per heavy atom. The van der Waals surface area contributed by atoms with E-state index < -0.39 is 0 Å². The highest BCUT2D eigenvalue weighted by Crippen LogP contribution is 2.16. The fourth-order valence-electron chi connectivity index (χ4n) is 1.92. The summed E-state index contributed by atoms with van der Waals surface area (Å²) in [5, 5.41) is 14.5. The van der Waals surface area contributed by atoms with E-state index in [1.54, 1.807) is 11.0 Å². The van der Waals surface area contributed by atoms with Crippen molar-refractivity contribution < 1.29 is 4.79 Å². The minimum atomic E-state index is -0.264. The summed E-state index contributed by atoms with van der Waals surface area (Å²) in [4.78, 5) is 10.7. The first-order valence-corrected chi connectivity index (χ1v) is 6.52. The van der Waals surface area contributed by atoms with Gasteiger partial charge in [0.05, 0.1) is 5.69 Å². The predicted molar refractivity (Wildman–Crippen MR) is 74.0 cm³/mol. The minimum Gasteiger partial charge on any atom is -0.370 e. The van der Waals surface area contributed by atoms with E-state index in [9.17, 15) is 4.79 Å². The molecule has 2 rings (SSSR count). The third-order valence-corrected chi connectivity index (χ3v) is 3.03. The first-order valence-electron chi connectivity index (χ1n) is 6.52. The number of hydrogen-bond acceptors (Lipinski definition) is 5. The molecule has 7 heteroatoms. The van der Waals surface area contributed by atoms with Gasteiger partial charge in [0.25, 0.3) is 0 Å². The van der Waals surface area contributed by atoms with Crippen LogP contribution in [-0.4, -0.2) is 32.7 Å². The molecule has 1 unspecified atom stereocenters. The molecule has 0 aliphatic rings. The summed E-state index contributed by atoms with van der Waals surface area (Å²) >= 11 is 0. The Morgan fingerprint density at radius 2 is 2.35 bits per heavy atom. The zero-order valence-corrected chi connectivity index (χ0v) is 11.4. The van der Waals surface area contributed by atoms with E-state index in [2.05, 4.69) is 27.8 Å². The number of nitrogens with one attached hydrogen (secondary N) is 1. The summed E-state index contributed by atoms with van der Waals surface area (Å²) < 4.78 is 1.61. The van der Waals surface area contributed by atoms with Crippen molar-refractivity contribution in [3.8, 4) is 5.69 Å². The predicted octanol–water partition coefficient (Wildman–Crippen LogP) is 0.578. The Bertz CT molecular complexity index is 554. The van der Waals surface area contributed by atoms with E-state index in [1.165, 1.54) is 0 Å². The van der Waals surface area contributed by atoms with Gasteiger partial charge < -0.3 is 11.1 Å². The molecule has 0 bridgehead atoms. The average molecular weight is 274 g/mol. The highest BCUT2D eigenvalue weighted by Gasteiger charge is 2.07.